The van der Waals surface area contributed by atoms with E-state index in [4.69, 9.17) is 0 Å². The maximum absolute atomic E-state index is 13.5. The summed E-state index contributed by atoms with van der Waals surface area (Å²) in [4.78, 5) is 23.7. The van der Waals surface area contributed by atoms with Gasteiger partial charge in [0, 0.05) is 24.0 Å². The molecule has 2 heterocycles. The lowest BCUT2D eigenvalue weighted by atomic mass is 9.75. The topological polar surface area (TPSA) is 70.2 Å². The fourth-order valence-electron chi connectivity index (χ4n) is 5.56. The molecule has 4 atom stereocenters. The van der Waals surface area contributed by atoms with Crippen LogP contribution in [-0.4, -0.2) is 52.0 Å². The maximum atomic E-state index is 13.5. The second-order valence-electron chi connectivity index (χ2n) is 10.8. The molecule has 192 valence electrons. The van der Waals surface area contributed by atoms with E-state index in [0.717, 1.165) is 37.9 Å². The number of hydrogen-bond donors (Lipinski definition) is 2. The smallest absolute Gasteiger partial charge is 0.358 e. The predicted octanol–water partition coefficient (Wildman–Crippen LogP) is 5.10. The monoisotopic (exact) mass is 491 g/mol. The van der Waals surface area contributed by atoms with Gasteiger partial charge in [-0.25, -0.2) is 9.97 Å². The number of nitrogens with one attached hydrogen (secondary N) is 2. The molecule has 1 aromatic carbocycles. The SMILES string of the molecule is CC(C)CN[C@@H]1CC[C@H](N2CC[C@H](Nc3ncnc4ccc(C(F)(F)F)cc34)C2=O)[C@H](C(C)C)C1. The minimum absolute atomic E-state index is 0.00739. The highest BCUT2D eigenvalue weighted by Gasteiger charge is 2.42. The number of fused-ring (bicyclic) bond motifs is 1. The van der Waals surface area contributed by atoms with Crippen molar-refractivity contribution in [2.75, 3.05) is 18.4 Å². The number of rotatable bonds is 7. The number of benzene rings is 1. The highest BCUT2D eigenvalue weighted by molar-refractivity contribution is 5.93. The molecule has 1 aromatic heterocycles. The van der Waals surface area contributed by atoms with Crippen LogP contribution in [0.15, 0.2) is 24.5 Å². The summed E-state index contributed by atoms with van der Waals surface area (Å²) in [6.07, 6.45) is 0.500. The minimum Gasteiger partial charge on any atom is -0.358 e. The Balaban J connectivity index is 1.48. The number of carbonyl (C=O) groups is 1. The van der Waals surface area contributed by atoms with Crippen molar-refractivity contribution in [3.63, 3.8) is 0 Å². The number of nitrogens with zero attached hydrogens (tertiary/aromatic N) is 3. The van der Waals surface area contributed by atoms with Crippen LogP contribution >= 0.6 is 0 Å². The van der Waals surface area contributed by atoms with Gasteiger partial charge in [0.15, 0.2) is 0 Å². The highest BCUT2D eigenvalue weighted by atomic mass is 19.4. The highest BCUT2D eigenvalue weighted by Crippen LogP contribution is 2.37. The molecule has 0 radical (unpaired) electrons. The van der Waals surface area contributed by atoms with Gasteiger partial charge in [0.25, 0.3) is 0 Å². The van der Waals surface area contributed by atoms with E-state index < -0.39 is 17.8 Å². The van der Waals surface area contributed by atoms with Crippen molar-refractivity contribution in [2.45, 2.75) is 77.7 Å². The van der Waals surface area contributed by atoms with Crippen molar-refractivity contribution in [3.8, 4) is 0 Å². The van der Waals surface area contributed by atoms with Gasteiger partial charge in [0.1, 0.15) is 18.2 Å². The molecule has 1 aliphatic heterocycles. The van der Waals surface area contributed by atoms with E-state index in [0.29, 0.717) is 42.3 Å². The minimum atomic E-state index is -4.46. The predicted molar refractivity (Wildman–Crippen MR) is 131 cm³/mol. The van der Waals surface area contributed by atoms with Crippen molar-refractivity contribution in [1.82, 2.24) is 20.2 Å². The Morgan fingerprint density at radius 2 is 1.89 bits per heavy atom. The fourth-order valence-corrected chi connectivity index (χ4v) is 5.56. The van der Waals surface area contributed by atoms with Crippen LogP contribution < -0.4 is 10.6 Å². The van der Waals surface area contributed by atoms with Crippen molar-refractivity contribution in [1.29, 1.82) is 0 Å². The van der Waals surface area contributed by atoms with E-state index in [9.17, 15) is 18.0 Å². The molecular formula is C26H36F3N5O. The van der Waals surface area contributed by atoms with Crippen LogP contribution in [0.5, 0.6) is 0 Å². The fraction of sp³-hybridized carbons (Fsp3) is 0.654. The van der Waals surface area contributed by atoms with E-state index in [1.165, 1.54) is 12.4 Å². The molecule has 1 saturated heterocycles. The quantitative estimate of drug-likeness (QED) is 0.564. The second-order valence-corrected chi connectivity index (χ2v) is 10.8. The van der Waals surface area contributed by atoms with E-state index >= 15 is 0 Å². The molecule has 0 spiro atoms. The molecule has 2 N–H and O–H groups in total. The van der Waals surface area contributed by atoms with E-state index in [2.05, 4.69) is 48.3 Å². The summed E-state index contributed by atoms with van der Waals surface area (Å²) in [5.74, 6) is 1.74. The first kappa shape index (κ1) is 25.7. The normalized spacial score (nSPS) is 25.7. The molecule has 0 unspecified atom stereocenters. The number of amides is 1. The molecule has 35 heavy (non-hydrogen) atoms. The van der Waals surface area contributed by atoms with Gasteiger partial charge >= 0.3 is 6.18 Å². The number of hydrogen-bond acceptors (Lipinski definition) is 5. The summed E-state index contributed by atoms with van der Waals surface area (Å²) in [6.45, 7) is 10.5. The summed E-state index contributed by atoms with van der Waals surface area (Å²) in [6, 6.07) is 3.56. The zero-order valence-corrected chi connectivity index (χ0v) is 20.9. The first-order valence-electron chi connectivity index (χ1n) is 12.7. The molecule has 2 aliphatic rings. The lowest BCUT2D eigenvalue weighted by molar-refractivity contribution is -0.137. The second kappa shape index (κ2) is 10.3. The van der Waals surface area contributed by atoms with Crippen molar-refractivity contribution in [3.05, 3.63) is 30.1 Å². The molecule has 1 amide bonds. The van der Waals surface area contributed by atoms with Gasteiger partial charge in [-0.3, -0.25) is 4.79 Å². The third kappa shape index (κ3) is 5.71. The van der Waals surface area contributed by atoms with Crippen LogP contribution in [0.4, 0.5) is 19.0 Å². The number of alkyl halides is 3. The number of likely N-dealkylation sites (tertiary alicyclic amines) is 1. The Kier molecular flexibility index (Phi) is 7.54. The molecule has 1 saturated carbocycles. The molecule has 2 aromatic rings. The summed E-state index contributed by atoms with van der Waals surface area (Å²) in [7, 11) is 0. The van der Waals surface area contributed by atoms with Crippen LogP contribution in [-0.2, 0) is 11.0 Å². The van der Waals surface area contributed by atoms with Gasteiger partial charge < -0.3 is 15.5 Å². The molecule has 2 fully saturated rings. The van der Waals surface area contributed by atoms with E-state index in [-0.39, 0.29) is 23.2 Å². The van der Waals surface area contributed by atoms with Gasteiger partial charge in [-0.1, -0.05) is 27.7 Å². The average Bonchev–Trinajstić information content (AvgIpc) is 3.16. The van der Waals surface area contributed by atoms with Gasteiger partial charge in [-0.05, 0) is 68.2 Å². The van der Waals surface area contributed by atoms with Crippen molar-refractivity contribution < 1.29 is 18.0 Å². The van der Waals surface area contributed by atoms with Gasteiger partial charge in [0.05, 0.1) is 11.1 Å². The van der Waals surface area contributed by atoms with E-state index in [1.54, 1.807) is 0 Å². The molecule has 9 heteroatoms. The molecular weight excluding hydrogens is 455 g/mol. The lowest BCUT2D eigenvalue weighted by Crippen LogP contribution is -2.51. The maximum Gasteiger partial charge on any atom is 0.416 e. The van der Waals surface area contributed by atoms with Crippen LogP contribution in [0.3, 0.4) is 0 Å². The largest absolute Gasteiger partial charge is 0.416 e. The van der Waals surface area contributed by atoms with Gasteiger partial charge in [-0.2, -0.15) is 13.2 Å². The summed E-state index contributed by atoms with van der Waals surface area (Å²) in [5, 5.41) is 7.11. The molecule has 0 bridgehead atoms. The number of halogens is 3. The van der Waals surface area contributed by atoms with Crippen molar-refractivity contribution in [2.24, 2.45) is 17.8 Å². The van der Waals surface area contributed by atoms with Crippen LogP contribution in [0.2, 0.25) is 0 Å². The number of carbonyl (C=O) groups excluding carboxylic acids is 1. The first-order valence-corrected chi connectivity index (χ1v) is 12.7. The molecule has 4 rings (SSSR count). The van der Waals surface area contributed by atoms with E-state index in [1.807, 2.05) is 4.90 Å². The number of aromatic nitrogens is 2. The Morgan fingerprint density at radius 3 is 2.57 bits per heavy atom. The lowest BCUT2D eigenvalue weighted by Gasteiger charge is -2.43. The first-order chi connectivity index (χ1) is 16.5. The summed E-state index contributed by atoms with van der Waals surface area (Å²) in [5.41, 5.74) is -0.352. The average molecular weight is 492 g/mol. The molecule has 1 aliphatic carbocycles. The third-order valence-electron chi connectivity index (χ3n) is 7.45. The Bertz CT molecular complexity index is 1040. The van der Waals surface area contributed by atoms with Crippen molar-refractivity contribution >= 4 is 22.6 Å². The third-order valence-corrected chi connectivity index (χ3v) is 7.45. The Hall–Kier alpha value is -2.42. The standard InChI is InChI=1S/C26H36F3N5O/c1-15(2)13-30-18-6-8-23(19(12-18)16(3)4)34-10-9-22(25(34)35)33-24-20-11-17(26(27,28)29)5-7-21(20)31-14-32-24/h5,7,11,14-16,18-19,22-23,30H,6,8-10,12-13H2,1-4H3,(H,31,32,33)/t18-,19+,22+,23+/m1/s1. The summed E-state index contributed by atoms with van der Waals surface area (Å²) >= 11 is 0. The van der Waals surface area contributed by atoms with Crippen LogP contribution in [0.25, 0.3) is 10.9 Å². The van der Waals surface area contributed by atoms with Gasteiger partial charge in [-0.15, -0.1) is 0 Å². The zero-order chi connectivity index (χ0) is 25.3. The Labute approximate surface area is 205 Å². The van der Waals surface area contributed by atoms with Gasteiger partial charge in [0.2, 0.25) is 5.91 Å². The molecule has 6 nitrogen and oxygen atoms in total. The van der Waals surface area contributed by atoms with Crippen LogP contribution in [0, 0.1) is 17.8 Å². The summed E-state index contributed by atoms with van der Waals surface area (Å²) < 4.78 is 39.8. The number of anilines is 1. The van der Waals surface area contributed by atoms with Crippen LogP contribution in [0.1, 0.15) is 58.9 Å². The zero-order valence-electron chi connectivity index (χ0n) is 20.9. The Morgan fingerprint density at radius 1 is 1.11 bits per heavy atom.